The summed E-state index contributed by atoms with van der Waals surface area (Å²) in [6.45, 7) is 5.26. The van der Waals surface area contributed by atoms with Gasteiger partial charge in [-0.05, 0) is 56.2 Å². The molecule has 0 aliphatic heterocycles. The zero-order chi connectivity index (χ0) is 20.8. The van der Waals surface area contributed by atoms with E-state index in [0.717, 1.165) is 16.7 Å². The summed E-state index contributed by atoms with van der Waals surface area (Å²) in [5, 5.41) is 3.10. The third-order valence-electron chi connectivity index (χ3n) is 4.77. The van der Waals surface area contributed by atoms with Crippen molar-refractivity contribution in [3.63, 3.8) is 0 Å². The molecular formula is C25H25NO3. The maximum atomic E-state index is 12.9. The number of hydrogen-bond acceptors (Lipinski definition) is 3. The van der Waals surface area contributed by atoms with Crippen LogP contribution in [0, 0.1) is 6.92 Å². The van der Waals surface area contributed by atoms with Gasteiger partial charge in [-0.3, -0.25) is 9.59 Å². The Morgan fingerprint density at radius 2 is 1.41 bits per heavy atom. The Hall–Kier alpha value is -3.40. The number of nitrogens with one attached hydrogen (secondary N) is 1. The molecule has 0 fully saturated rings. The number of rotatable bonds is 7. The number of hydrogen-bond donors (Lipinski definition) is 1. The fourth-order valence-corrected chi connectivity index (χ4v) is 3.05. The Morgan fingerprint density at radius 3 is 2.00 bits per heavy atom. The van der Waals surface area contributed by atoms with Crippen molar-refractivity contribution < 1.29 is 14.3 Å². The average molecular weight is 387 g/mol. The summed E-state index contributed by atoms with van der Waals surface area (Å²) < 4.78 is 5.78. The van der Waals surface area contributed by atoms with Crippen LogP contribution >= 0.6 is 0 Å². The van der Waals surface area contributed by atoms with Gasteiger partial charge in [-0.1, -0.05) is 60.2 Å². The van der Waals surface area contributed by atoms with Crippen molar-refractivity contribution in [3.05, 3.63) is 101 Å². The Balaban J connectivity index is 1.75. The minimum Gasteiger partial charge on any atom is -0.481 e. The zero-order valence-electron chi connectivity index (χ0n) is 16.9. The first-order valence-corrected chi connectivity index (χ1v) is 9.63. The van der Waals surface area contributed by atoms with E-state index >= 15 is 0 Å². The van der Waals surface area contributed by atoms with E-state index in [0.29, 0.717) is 11.3 Å². The SMILES string of the molecule is CC(=O)c1ccc(O[C@@H](C)C(=O)N[C@H](c2ccccc2)c2ccc(C)cc2)cc1. The van der Waals surface area contributed by atoms with Crippen LogP contribution in [0.2, 0.25) is 0 Å². The van der Waals surface area contributed by atoms with Crippen LogP contribution in [0.4, 0.5) is 0 Å². The van der Waals surface area contributed by atoms with Gasteiger partial charge in [-0.15, -0.1) is 0 Å². The minimum absolute atomic E-state index is 0.00820. The minimum atomic E-state index is -0.685. The summed E-state index contributed by atoms with van der Waals surface area (Å²) >= 11 is 0. The first-order chi connectivity index (χ1) is 13.9. The molecule has 3 rings (SSSR count). The lowest BCUT2D eigenvalue weighted by molar-refractivity contribution is -0.127. The average Bonchev–Trinajstić information content (AvgIpc) is 2.73. The molecule has 0 saturated carbocycles. The molecule has 0 saturated heterocycles. The standard InChI is InChI=1S/C25H25NO3/c1-17-9-11-22(12-10-17)24(21-7-5-4-6-8-21)26-25(28)19(3)29-23-15-13-20(14-16-23)18(2)27/h4-16,19,24H,1-3H3,(H,26,28)/t19-,24+/m0/s1. The Bertz CT molecular complexity index is 963. The fraction of sp³-hybridized carbons (Fsp3) is 0.200. The number of aryl methyl sites for hydroxylation is 1. The number of ketones is 1. The van der Waals surface area contributed by atoms with E-state index < -0.39 is 6.10 Å². The lowest BCUT2D eigenvalue weighted by Crippen LogP contribution is -2.39. The molecular weight excluding hydrogens is 362 g/mol. The second-order valence-corrected chi connectivity index (χ2v) is 7.10. The molecule has 3 aromatic rings. The van der Waals surface area contributed by atoms with Gasteiger partial charge in [0, 0.05) is 5.56 Å². The summed E-state index contributed by atoms with van der Waals surface area (Å²) in [4.78, 5) is 24.3. The number of amides is 1. The summed E-state index contributed by atoms with van der Waals surface area (Å²) in [5.41, 5.74) is 3.78. The smallest absolute Gasteiger partial charge is 0.261 e. The van der Waals surface area contributed by atoms with E-state index in [1.54, 1.807) is 31.2 Å². The summed E-state index contributed by atoms with van der Waals surface area (Å²) in [6.07, 6.45) is -0.685. The first kappa shape index (κ1) is 20.3. The van der Waals surface area contributed by atoms with E-state index in [-0.39, 0.29) is 17.7 Å². The number of benzene rings is 3. The number of ether oxygens (including phenoxy) is 1. The molecule has 0 heterocycles. The predicted molar refractivity (Wildman–Crippen MR) is 114 cm³/mol. The quantitative estimate of drug-likeness (QED) is 0.589. The van der Waals surface area contributed by atoms with E-state index in [4.69, 9.17) is 4.74 Å². The molecule has 4 nitrogen and oxygen atoms in total. The molecule has 2 atom stereocenters. The Morgan fingerprint density at radius 1 is 0.828 bits per heavy atom. The van der Waals surface area contributed by atoms with Crippen molar-refractivity contribution in [2.45, 2.75) is 32.9 Å². The maximum Gasteiger partial charge on any atom is 0.261 e. The Kier molecular flexibility index (Phi) is 6.45. The number of carbonyl (C=O) groups excluding carboxylic acids is 2. The van der Waals surface area contributed by atoms with Gasteiger partial charge in [0.1, 0.15) is 5.75 Å². The van der Waals surface area contributed by atoms with E-state index in [1.807, 2.05) is 61.5 Å². The van der Waals surface area contributed by atoms with E-state index in [9.17, 15) is 9.59 Å². The molecule has 0 aliphatic rings. The van der Waals surface area contributed by atoms with Crippen molar-refractivity contribution >= 4 is 11.7 Å². The van der Waals surface area contributed by atoms with Crippen LogP contribution in [0.15, 0.2) is 78.9 Å². The van der Waals surface area contributed by atoms with Gasteiger partial charge < -0.3 is 10.1 Å². The largest absolute Gasteiger partial charge is 0.481 e. The van der Waals surface area contributed by atoms with Crippen LogP contribution in [-0.4, -0.2) is 17.8 Å². The second-order valence-electron chi connectivity index (χ2n) is 7.10. The lowest BCUT2D eigenvalue weighted by Gasteiger charge is -2.23. The lowest BCUT2D eigenvalue weighted by atomic mass is 9.97. The fourth-order valence-electron chi connectivity index (χ4n) is 3.05. The molecule has 0 radical (unpaired) electrons. The highest BCUT2D eigenvalue weighted by Gasteiger charge is 2.21. The van der Waals surface area contributed by atoms with Crippen LogP contribution in [0.1, 0.15) is 46.9 Å². The van der Waals surface area contributed by atoms with Crippen LogP contribution in [0.5, 0.6) is 5.75 Å². The third-order valence-corrected chi connectivity index (χ3v) is 4.77. The molecule has 1 amide bonds. The third kappa shape index (κ3) is 5.32. The van der Waals surface area contributed by atoms with E-state index in [2.05, 4.69) is 5.32 Å². The highest BCUT2D eigenvalue weighted by atomic mass is 16.5. The van der Waals surface area contributed by atoms with Crippen LogP contribution < -0.4 is 10.1 Å². The predicted octanol–water partition coefficient (Wildman–Crippen LogP) is 4.87. The molecule has 4 heteroatoms. The van der Waals surface area contributed by atoms with Gasteiger partial charge in [0.05, 0.1) is 6.04 Å². The van der Waals surface area contributed by atoms with Gasteiger partial charge in [0.25, 0.3) is 5.91 Å². The van der Waals surface area contributed by atoms with Gasteiger partial charge in [-0.2, -0.15) is 0 Å². The Labute approximate surface area is 171 Å². The van der Waals surface area contributed by atoms with Crippen LogP contribution in [-0.2, 0) is 4.79 Å². The van der Waals surface area contributed by atoms with Gasteiger partial charge in [-0.25, -0.2) is 0 Å². The molecule has 0 aliphatic carbocycles. The molecule has 0 unspecified atom stereocenters. The van der Waals surface area contributed by atoms with Gasteiger partial charge >= 0.3 is 0 Å². The summed E-state index contributed by atoms with van der Waals surface area (Å²) in [6, 6.07) is 24.5. The highest BCUT2D eigenvalue weighted by molar-refractivity contribution is 5.94. The van der Waals surface area contributed by atoms with Crippen molar-refractivity contribution in [2.24, 2.45) is 0 Å². The zero-order valence-corrected chi connectivity index (χ0v) is 16.9. The molecule has 29 heavy (non-hydrogen) atoms. The molecule has 0 aromatic heterocycles. The van der Waals surface area contributed by atoms with Crippen LogP contribution in [0.3, 0.4) is 0 Å². The van der Waals surface area contributed by atoms with Gasteiger partial charge in [0.2, 0.25) is 0 Å². The van der Waals surface area contributed by atoms with Crippen molar-refractivity contribution in [1.29, 1.82) is 0 Å². The van der Waals surface area contributed by atoms with Gasteiger partial charge in [0.15, 0.2) is 11.9 Å². The maximum absolute atomic E-state index is 12.9. The summed E-state index contributed by atoms with van der Waals surface area (Å²) in [5.74, 6) is 0.325. The molecule has 0 bridgehead atoms. The molecule has 1 N–H and O–H groups in total. The normalized spacial score (nSPS) is 12.7. The first-order valence-electron chi connectivity index (χ1n) is 9.63. The van der Waals surface area contributed by atoms with E-state index in [1.165, 1.54) is 6.92 Å². The molecule has 3 aromatic carbocycles. The number of carbonyl (C=O) groups is 2. The molecule has 0 spiro atoms. The highest BCUT2D eigenvalue weighted by Crippen LogP contribution is 2.23. The second kappa shape index (κ2) is 9.20. The van der Waals surface area contributed by atoms with Crippen molar-refractivity contribution in [3.8, 4) is 5.75 Å². The summed E-state index contributed by atoms with van der Waals surface area (Å²) in [7, 11) is 0. The topological polar surface area (TPSA) is 55.4 Å². The monoisotopic (exact) mass is 387 g/mol. The van der Waals surface area contributed by atoms with Crippen molar-refractivity contribution in [1.82, 2.24) is 5.32 Å². The molecule has 148 valence electrons. The van der Waals surface area contributed by atoms with Crippen molar-refractivity contribution in [2.75, 3.05) is 0 Å². The van der Waals surface area contributed by atoms with Crippen LogP contribution in [0.25, 0.3) is 0 Å². The number of Topliss-reactive ketones (excluding diaryl/α,β-unsaturated/α-hetero) is 1.